The predicted molar refractivity (Wildman–Crippen MR) is 209 cm³/mol. The molecule has 3 aromatic heterocycles. The van der Waals surface area contributed by atoms with Crippen molar-refractivity contribution in [3.8, 4) is 33.6 Å². The van der Waals surface area contributed by atoms with Crippen LogP contribution in [0.1, 0.15) is 61.9 Å². The van der Waals surface area contributed by atoms with Gasteiger partial charge in [-0.15, -0.1) is 6.58 Å². The van der Waals surface area contributed by atoms with Crippen LogP contribution >= 0.6 is 11.6 Å². The van der Waals surface area contributed by atoms with Crippen molar-refractivity contribution in [3.63, 3.8) is 0 Å². The fourth-order valence-corrected chi connectivity index (χ4v) is 6.58. The van der Waals surface area contributed by atoms with Gasteiger partial charge < -0.3 is 21.7 Å². The van der Waals surface area contributed by atoms with Gasteiger partial charge in [0.05, 0.1) is 22.6 Å². The summed E-state index contributed by atoms with van der Waals surface area (Å²) < 4.78 is 1.84. The molecule has 0 bridgehead atoms. The Morgan fingerprint density at radius 1 is 1.04 bits per heavy atom. The molecule has 2 unspecified atom stereocenters. The lowest BCUT2D eigenvalue weighted by Crippen LogP contribution is -2.36. The van der Waals surface area contributed by atoms with Crippen LogP contribution in [0, 0.1) is 6.92 Å². The minimum Gasteiger partial charge on any atom is -0.385 e. The molecule has 2 aliphatic rings. The number of benzene rings is 2. The molecule has 2 aromatic carbocycles. The fraction of sp³-hybridized carbons (Fsp3) is 0.341. The third kappa shape index (κ3) is 8.68. The highest BCUT2D eigenvalue weighted by Crippen LogP contribution is 2.40. The average molecular weight is 691 g/mol. The smallest absolute Gasteiger partial charge is 0.160 e. The molecule has 9 heteroatoms. The molecule has 1 fully saturated rings. The second-order valence-electron chi connectivity index (χ2n) is 12.6. The van der Waals surface area contributed by atoms with Crippen molar-refractivity contribution in [1.29, 1.82) is 0 Å². The van der Waals surface area contributed by atoms with Crippen LogP contribution in [0.15, 0.2) is 91.9 Å². The molecule has 7 rings (SSSR count). The first kappa shape index (κ1) is 36.9. The van der Waals surface area contributed by atoms with Gasteiger partial charge >= 0.3 is 0 Å². The normalized spacial score (nSPS) is 14.9. The number of nitrogens with two attached hydrogens (primary N) is 1. The van der Waals surface area contributed by atoms with E-state index in [9.17, 15) is 0 Å². The van der Waals surface area contributed by atoms with E-state index in [2.05, 4.69) is 83.6 Å². The molecule has 262 valence electrons. The molecule has 0 spiro atoms. The predicted octanol–water partition coefficient (Wildman–Crippen LogP) is 7.87. The molecular formula is C41H51ClN8. The van der Waals surface area contributed by atoms with Crippen molar-refractivity contribution < 1.29 is 0 Å². The summed E-state index contributed by atoms with van der Waals surface area (Å²) in [6.07, 6.45) is 11.1. The second-order valence-corrected chi connectivity index (χ2v) is 13.0. The van der Waals surface area contributed by atoms with Gasteiger partial charge in [-0.2, -0.15) is 5.10 Å². The van der Waals surface area contributed by atoms with Gasteiger partial charge in [-0.3, -0.25) is 4.98 Å². The lowest BCUT2D eigenvalue weighted by atomic mass is 9.93. The second kappa shape index (κ2) is 17.5. The maximum absolute atomic E-state index is 7.03. The summed E-state index contributed by atoms with van der Waals surface area (Å²) in [6, 6.07) is 19.6. The number of halogens is 1. The monoisotopic (exact) mass is 690 g/mol. The Kier molecular flexibility index (Phi) is 13.0. The summed E-state index contributed by atoms with van der Waals surface area (Å²) >= 11 is 7.03. The number of fused-ring (bicyclic) bond motifs is 2. The van der Waals surface area contributed by atoms with E-state index in [-0.39, 0.29) is 0 Å². The number of likely N-dealkylation sites (N-methyl/N-ethyl adjacent to an activating group) is 1. The van der Waals surface area contributed by atoms with Crippen LogP contribution in [-0.4, -0.2) is 51.8 Å². The highest BCUT2D eigenvalue weighted by Gasteiger charge is 2.21. The van der Waals surface area contributed by atoms with E-state index >= 15 is 0 Å². The summed E-state index contributed by atoms with van der Waals surface area (Å²) in [5.41, 5.74) is 18.0. The number of hydrogen-bond donors (Lipinski definition) is 4. The molecule has 4 heterocycles. The molecule has 0 amide bonds. The van der Waals surface area contributed by atoms with Gasteiger partial charge in [0.1, 0.15) is 0 Å². The van der Waals surface area contributed by atoms with E-state index in [4.69, 9.17) is 27.3 Å². The van der Waals surface area contributed by atoms with Gasteiger partial charge in [0, 0.05) is 78.0 Å². The molecule has 2 atom stereocenters. The standard InChI is InChI=1S/C33H33ClN6.C6H12N2.C2H6/c1-4-5-8-24(35-3)20-36-18-23-19-37-40-16-15-30(39-33(23)40)26-10-6-9-25(21(26)2)27-11-7-12-28(32(27)34)29-14-13-22-17-31(22)38-29;1-5-2-3-6(4-7)8-5;1-2/h4,6-7,9-16,19,24,35-36H,1,5,8,17-18,20H2,2-3H3;6,8H,1-4,7H2;1-2H3. The van der Waals surface area contributed by atoms with Crippen LogP contribution in [0.3, 0.4) is 0 Å². The Balaban J connectivity index is 0.000000424. The van der Waals surface area contributed by atoms with Crippen molar-refractivity contribution in [2.75, 3.05) is 20.1 Å². The Hall–Kier alpha value is -4.34. The molecule has 1 saturated heterocycles. The molecule has 0 saturated carbocycles. The zero-order valence-corrected chi connectivity index (χ0v) is 30.7. The first-order chi connectivity index (χ1) is 24.4. The third-order valence-corrected chi connectivity index (χ3v) is 9.65. The molecule has 5 aromatic rings. The Morgan fingerprint density at radius 2 is 1.78 bits per heavy atom. The van der Waals surface area contributed by atoms with E-state index in [0.717, 1.165) is 106 Å². The van der Waals surface area contributed by atoms with Gasteiger partial charge in [0.25, 0.3) is 0 Å². The van der Waals surface area contributed by atoms with E-state index in [1.807, 2.05) is 56.0 Å². The van der Waals surface area contributed by atoms with Crippen LogP contribution in [0.25, 0.3) is 39.3 Å². The molecule has 5 N–H and O–H groups in total. The minimum atomic E-state index is 0.392. The Bertz CT molecular complexity index is 1930. The summed E-state index contributed by atoms with van der Waals surface area (Å²) in [4.78, 5) is 9.84. The summed E-state index contributed by atoms with van der Waals surface area (Å²) in [6.45, 7) is 16.1. The van der Waals surface area contributed by atoms with E-state index in [1.165, 1.54) is 11.3 Å². The fourth-order valence-electron chi connectivity index (χ4n) is 6.26. The van der Waals surface area contributed by atoms with E-state index < -0.39 is 0 Å². The van der Waals surface area contributed by atoms with Gasteiger partial charge in [-0.05, 0) is 68.5 Å². The van der Waals surface area contributed by atoms with Crippen LogP contribution in [0.4, 0.5) is 0 Å². The first-order valence-corrected chi connectivity index (χ1v) is 18.1. The molecule has 50 heavy (non-hydrogen) atoms. The van der Waals surface area contributed by atoms with Crippen molar-refractivity contribution in [2.24, 2.45) is 5.73 Å². The van der Waals surface area contributed by atoms with E-state index in [1.54, 1.807) is 0 Å². The number of aromatic nitrogens is 4. The highest BCUT2D eigenvalue weighted by atomic mass is 35.5. The summed E-state index contributed by atoms with van der Waals surface area (Å²) in [5.74, 6) is 0. The number of allylic oxidation sites excluding steroid dienone is 2. The Labute approximate surface area is 302 Å². The average Bonchev–Trinajstić information content (AvgIpc) is 3.63. The van der Waals surface area contributed by atoms with Crippen LogP contribution in [0.2, 0.25) is 5.02 Å². The van der Waals surface area contributed by atoms with Gasteiger partial charge in [-0.1, -0.05) is 80.6 Å². The number of hydrogen-bond acceptors (Lipinski definition) is 7. The summed E-state index contributed by atoms with van der Waals surface area (Å²) in [7, 11) is 2.00. The molecule has 1 aliphatic carbocycles. The van der Waals surface area contributed by atoms with Crippen molar-refractivity contribution in [1.82, 2.24) is 35.5 Å². The number of nitrogens with zero attached hydrogens (tertiary/aromatic N) is 4. The van der Waals surface area contributed by atoms with Crippen LogP contribution < -0.4 is 21.7 Å². The zero-order chi connectivity index (χ0) is 35.6. The molecule has 0 radical (unpaired) electrons. The van der Waals surface area contributed by atoms with Crippen molar-refractivity contribution >= 4 is 17.2 Å². The third-order valence-electron chi connectivity index (χ3n) is 9.24. The summed E-state index contributed by atoms with van der Waals surface area (Å²) in [5, 5.41) is 15.4. The number of pyridine rings is 1. The first-order valence-electron chi connectivity index (χ1n) is 17.7. The topological polar surface area (TPSA) is 105 Å². The van der Waals surface area contributed by atoms with Gasteiger partial charge in [-0.25, -0.2) is 9.50 Å². The zero-order valence-electron chi connectivity index (χ0n) is 29.9. The largest absolute Gasteiger partial charge is 0.385 e. The highest BCUT2D eigenvalue weighted by molar-refractivity contribution is 6.36. The van der Waals surface area contributed by atoms with Crippen LogP contribution in [-0.2, 0) is 13.0 Å². The lowest BCUT2D eigenvalue weighted by molar-refractivity contribution is 0.483. The molecule has 1 aliphatic heterocycles. The van der Waals surface area contributed by atoms with Gasteiger partial charge in [0.15, 0.2) is 5.65 Å². The number of nitrogens with one attached hydrogen (secondary N) is 3. The number of rotatable bonds is 12. The maximum Gasteiger partial charge on any atom is 0.160 e. The maximum atomic E-state index is 7.03. The van der Waals surface area contributed by atoms with Crippen LogP contribution in [0.5, 0.6) is 0 Å². The Morgan fingerprint density at radius 3 is 2.46 bits per heavy atom. The SMILES string of the molecule is C=C1CCC(CN)N1.C=CCCC(CNCc1cnn2ccc(-c3cccc(-c4cccc(-c5ccc6c(n5)C6)c4Cl)c3C)nc12)NC.CC. The van der Waals surface area contributed by atoms with Crippen molar-refractivity contribution in [3.05, 3.63) is 119 Å². The molecular weight excluding hydrogens is 640 g/mol. The molecule has 8 nitrogen and oxygen atoms in total. The van der Waals surface area contributed by atoms with Gasteiger partial charge in [0.2, 0.25) is 0 Å². The lowest BCUT2D eigenvalue weighted by Gasteiger charge is -2.16. The van der Waals surface area contributed by atoms with Crippen molar-refractivity contribution in [2.45, 2.75) is 71.5 Å². The quantitative estimate of drug-likeness (QED) is 0.0969. The minimum absolute atomic E-state index is 0.392. The van der Waals surface area contributed by atoms with E-state index in [0.29, 0.717) is 18.6 Å².